The van der Waals surface area contributed by atoms with Gasteiger partial charge in [0.1, 0.15) is 11.6 Å². The molecule has 0 saturated heterocycles. The first kappa shape index (κ1) is 13.9. The number of rotatable bonds is 4. The Bertz CT molecular complexity index is 681. The summed E-state index contributed by atoms with van der Waals surface area (Å²) in [5.74, 6) is 0.0497. The van der Waals surface area contributed by atoms with Crippen molar-refractivity contribution >= 4 is 5.82 Å². The summed E-state index contributed by atoms with van der Waals surface area (Å²) in [5, 5.41) is 3.18. The lowest BCUT2D eigenvalue weighted by atomic mass is 10.1. The number of hydrogen-bond donors (Lipinski definition) is 1. The van der Waals surface area contributed by atoms with Gasteiger partial charge in [0.25, 0.3) is 0 Å². The van der Waals surface area contributed by atoms with Crippen LogP contribution in [0.3, 0.4) is 0 Å². The monoisotopic (exact) mass is 289 g/mol. The fraction of sp³-hybridized carbons (Fsp3) is 0.375. The zero-order valence-corrected chi connectivity index (χ0v) is 12.1. The summed E-state index contributed by atoms with van der Waals surface area (Å²) >= 11 is 0. The van der Waals surface area contributed by atoms with Crippen LogP contribution in [0.2, 0.25) is 0 Å². The van der Waals surface area contributed by atoms with Gasteiger partial charge in [-0.3, -0.25) is 0 Å². The van der Waals surface area contributed by atoms with E-state index in [4.69, 9.17) is 0 Å². The smallest absolute Gasteiger partial charge is 0.168 e. The van der Waals surface area contributed by atoms with Crippen LogP contribution in [0.15, 0.2) is 18.2 Å². The average Bonchev–Trinajstić information content (AvgIpc) is 3.29. The Balaban J connectivity index is 2.18. The number of aromatic nitrogens is 2. The Morgan fingerprint density at radius 3 is 2.67 bits per heavy atom. The van der Waals surface area contributed by atoms with E-state index in [9.17, 15) is 8.78 Å². The molecule has 0 unspecified atom stereocenters. The van der Waals surface area contributed by atoms with Gasteiger partial charge >= 0.3 is 0 Å². The van der Waals surface area contributed by atoms with Gasteiger partial charge in [-0.1, -0.05) is 6.07 Å². The molecule has 21 heavy (non-hydrogen) atoms. The summed E-state index contributed by atoms with van der Waals surface area (Å²) in [6.45, 7) is 4.52. The summed E-state index contributed by atoms with van der Waals surface area (Å²) in [5.41, 5.74) is 1.40. The molecule has 3 nitrogen and oxygen atoms in total. The number of benzene rings is 1. The van der Waals surface area contributed by atoms with Crippen LogP contribution in [-0.2, 0) is 0 Å². The molecule has 0 bridgehead atoms. The van der Waals surface area contributed by atoms with Crippen molar-refractivity contribution < 1.29 is 8.78 Å². The van der Waals surface area contributed by atoms with Crippen molar-refractivity contribution in [1.82, 2.24) is 9.97 Å². The van der Waals surface area contributed by atoms with E-state index in [0.717, 1.165) is 30.3 Å². The molecule has 1 saturated carbocycles. The van der Waals surface area contributed by atoms with E-state index in [0.29, 0.717) is 24.0 Å². The van der Waals surface area contributed by atoms with Gasteiger partial charge in [0.2, 0.25) is 0 Å². The van der Waals surface area contributed by atoms with Crippen LogP contribution in [-0.4, -0.2) is 16.5 Å². The minimum atomic E-state index is -0.858. The molecule has 1 aliphatic rings. The summed E-state index contributed by atoms with van der Waals surface area (Å²) in [6.07, 6.45) is 2.11. The normalized spacial score (nSPS) is 14.3. The minimum Gasteiger partial charge on any atom is -0.370 e. The van der Waals surface area contributed by atoms with E-state index in [1.54, 1.807) is 6.07 Å². The van der Waals surface area contributed by atoms with Gasteiger partial charge in [0.15, 0.2) is 11.6 Å². The van der Waals surface area contributed by atoms with Crippen molar-refractivity contribution in [3.63, 3.8) is 0 Å². The van der Waals surface area contributed by atoms with Crippen molar-refractivity contribution in [3.8, 4) is 11.3 Å². The Morgan fingerprint density at radius 2 is 2.00 bits per heavy atom. The highest BCUT2D eigenvalue weighted by Crippen LogP contribution is 2.40. The van der Waals surface area contributed by atoms with Crippen LogP contribution in [0.25, 0.3) is 11.3 Å². The van der Waals surface area contributed by atoms with Crippen LogP contribution in [0.4, 0.5) is 14.6 Å². The summed E-state index contributed by atoms with van der Waals surface area (Å²) in [7, 11) is 0. The first-order valence-electron chi connectivity index (χ1n) is 7.18. The van der Waals surface area contributed by atoms with Gasteiger partial charge in [0, 0.05) is 23.6 Å². The molecule has 1 aromatic heterocycles. The molecular weight excluding hydrogens is 272 g/mol. The maximum Gasteiger partial charge on any atom is 0.168 e. The highest BCUT2D eigenvalue weighted by atomic mass is 19.2. The third-order valence-electron chi connectivity index (χ3n) is 3.66. The van der Waals surface area contributed by atoms with Gasteiger partial charge in [-0.25, -0.2) is 18.7 Å². The summed E-state index contributed by atoms with van der Waals surface area (Å²) in [4.78, 5) is 9.02. The van der Waals surface area contributed by atoms with E-state index in [1.807, 2.05) is 13.8 Å². The van der Waals surface area contributed by atoms with E-state index in [-0.39, 0.29) is 5.56 Å². The van der Waals surface area contributed by atoms with Crippen molar-refractivity contribution in [2.75, 3.05) is 11.9 Å². The lowest BCUT2D eigenvalue weighted by molar-refractivity contribution is 0.511. The van der Waals surface area contributed by atoms with Crippen molar-refractivity contribution in [2.45, 2.75) is 32.6 Å². The Kier molecular flexibility index (Phi) is 3.57. The first-order valence-corrected chi connectivity index (χ1v) is 7.18. The lowest BCUT2D eigenvalue weighted by Crippen LogP contribution is -2.08. The summed E-state index contributed by atoms with van der Waals surface area (Å²) < 4.78 is 27.6. The molecular formula is C16H17F2N3. The molecule has 1 N–H and O–H groups in total. The zero-order chi connectivity index (χ0) is 15.0. The van der Waals surface area contributed by atoms with Gasteiger partial charge in [-0.15, -0.1) is 0 Å². The quantitative estimate of drug-likeness (QED) is 0.923. The molecule has 1 fully saturated rings. The highest BCUT2D eigenvalue weighted by molar-refractivity contribution is 5.69. The SMILES string of the molecule is CCNc1nc(C2CC2)nc(-c2cccc(F)c2F)c1C. The van der Waals surface area contributed by atoms with Crippen LogP contribution in [0, 0.1) is 18.6 Å². The van der Waals surface area contributed by atoms with Gasteiger partial charge in [0.05, 0.1) is 5.69 Å². The number of halogens is 2. The fourth-order valence-corrected chi connectivity index (χ4v) is 2.35. The number of nitrogens with one attached hydrogen (secondary N) is 1. The zero-order valence-electron chi connectivity index (χ0n) is 12.1. The molecule has 1 aromatic carbocycles. The maximum atomic E-state index is 14.1. The van der Waals surface area contributed by atoms with Crippen molar-refractivity contribution in [2.24, 2.45) is 0 Å². The molecule has 110 valence electrons. The maximum absolute atomic E-state index is 14.1. The van der Waals surface area contributed by atoms with Gasteiger partial charge < -0.3 is 5.32 Å². The third-order valence-corrected chi connectivity index (χ3v) is 3.66. The predicted molar refractivity (Wildman–Crippen MR) is 78.3 cm³/mol. The molecule has 3 rings (SSSR count). The molecule has 0 aliphatic heterocycles. The molecule has 0 radical (unpaired) electrons. The van der Waals surface area contributed by atoms with Crippen LogP contribution < -0.4 is 5.32 Å². The molecule has 0 amide bonds. The topological polar surface area (TPSA) is 37.8 Å². The second-order valence-electron chi connectivity index (χ2n) is 5.31. The third kappa shape index (κ3) is 2.60. The average molecular weight is 289 g/mol. The van der Waals surface area contributed by atoms with Crippen LogP contribution in [0.1, 0.15) is 37.1 Å². The molecule has 0 spiro atoms. The van der Waals surface area contributed by atoms with E-state index < -0.39 is 11.6 Å². The Morgan fingerprint density at radius 1 is 1.24 bits per heavy atom. The highest BCUT2D eigenvalue weighted by Gasteiger charge is 2.29. The fourth-order valence-electron chi connectivity index (χ4n) is 2.35. The minimum absolute atomic E-state index is 0.191. The molecule has 1 aliphatic carbocycles. The van der Waals surface area contributed by atoms with Gasteiger partial charge in [-0.2, -0.15) is 0 Å². The van der Waals surface area contributed by atoms with E-state index >= 15 is 0 Å². The van der Waals surface area contributed by atoms with Crippen molar-refractivity contribution in [3.05, 3.63) is 41.2 Å². The standard InChI is InChI=1S/C16H17F2N3/c1-3-19-15-9(2)14(20-16(21-15)10-7-8-10)11-5-4-6-12(17)13(11)18/h4-6,10H,3,7-8H2,1-2H3,(H,19,20,21). The molecule has 2 aromatic rings. The van der Waals surface area contributed by atoms with Gasteiger partial charge in [-0.05, 0) is 38.8 Å². The largest absolute Gasteiger partial charge is 0.370 e. The van der Waals surface area contributed by atoms with Crippen LogP contribution >= 0.6 is 0 Å². The molecule has 1 heterocycles. The van der Waals surface area contributed by atoms with E-state index in [2.05, 4.69) is 15.3 Å². The second kappa shape index (κ2) is 5.39. The van der Waals surface area contributed by atoms with Crippen molar-refractivity contribution in [1.29, 1.82) is 0 Å². The summed E-state index contributed by atoms with van der Waals surface area (Å²) in [6, 6.07) is 4.17. The number of hydrogen-bond acceptors (Lipinski definition) is 3. The first-order chi connectivity index (χ1) is 10.1. The molecule has 0 atom stereocenters. The second-order valence-corrected chi connectivity index (χ2v) is 5.31. The number of anilines is 1. The lowest BCUT2D eigenvalue weighted by Gasteiger charge is -2.14. The van der Waals surface area contributed by atoms with E-state index in [1.165, 1.54) is 6.07 Å². The molecule has 5 heteroatoms. The predicted octanol–water partition coefficient (Wildman–Crippen LogP) is 4.04. The van der Waals surface area contributed by atoms with Crippen LogP contribution in [0.5, 0.6) is 0 Å². The Hall–Kier alpha value is -2.04. The Labute approximate surface area is 122 Å². The number of nitrogens with zero attached hydrogens (tertiary/aromatic N) is 2.